The van der Waals surface area contributed by atoms with Crippen LogP contribution >= 0.6 is 0 Å². The molecular weight excluding hydrogens is 331 g/mol. The number of halogens is 1. The maximum absolute atomic E-state index is 13.0. The first kappa shape index (κ1) is 18.4. The lowest BCUT2D eigenvalue weighted by Gasteiger charge is -2.25. The molecule has 0 bridgehead atoms. The third-order valence-electron chi connectivity index (χ3n) is 4.94. The maximum Gasteiger partial charge on any atom is 0.234 e. The van der Waals surface area contributed by atoms with E-state index in [2.05, 4.69) is 16.3 Å². The van der Waals surface area contributed by atoms with Crippen molar-refractivity contribution >= 4 is 5.91 Å². The molecule has 1 amide bonds. The summed E-state index contributed by atoms with van der Waals surface area (Å²) in [5.74, 6) is 0.547. The highest BCUT2D eigenvalue weighted by molar-refractivity contribution is 5.78. The average Bonchev–Trinajstić information content (AvgIpc) is 3.10. The Bertz CT molecular complexity index is 748. The molecule has 0 saturated carbocycles. The average molecular weight is 356 g/mol. The van der Waals surface area contributed by atoms with E-state index in [0.717, 1.165) is 30.7 Å². The number of nitrogens with one attached hydrogen (secondary N) is 1. The van der Waals surface area contributed by atoms with E-state index in [9.17, 15) is 9.18 Å². The summed E-state index contributed by atoms with van der Waals surface area (Å²) >= 11 is 0. The normalized spacial score (nSPS) is 18.5. The number of carbonyl (C=O) groups is 1. The summed E-state index contributed by atoms with van der Waals surface area (Å²) in [7, 11) is 1.66. The molecule has 1 aliphatic heterocycles. The predicted octanol–water partition coefficient (Wildman–Crippen LogP) is 3.85. The van der Waals surface area contributed by atoms with Crippen molar-refractivity contribution in [1.82, 2.24) is 10.2 Å². The SMILES string of the molecule is COc1cccc([C@H]2CCCN2CC(=O)N[C@@H](C)c2ccc(F)cc2)c1. The monoisotopic (exact) mass is 356 g/mol. The molecule has 0 aromatic heterocycles. The molecule has 5 heteroatoms. The Hall–Kier alpha value is -2.40. The number of rotatable bonds is 6. The second-order valence-corrected chi connectivity index (χ2v) is 6.75. The highest BCUT2D eigenvalue weighted by Crippen LogP contribution is 2.33. The topological polar surface area (TPSA) is 41.6 Å². The lowest BCUT2D eigenvalue weighted by atomic mass is 10.0. The fourth-order valence-electron chi connectivity index (χ4n) is 3.55. The zero-order valence-electron chi connectivity index (χ0n) is 15.2. The van der Waals surface area contributed by atoms with Crippen LogP contribution in [0, 0.1) is 5.82 Å². The molecule has 1 N–H and O–H groups in total. The summed E-state index contributed by atoms with van der Waals surface area (Å²) < 4.78 is 18.4. The fourth-order valence-corrected chi connectivity index (χ4v) is 3.55. The molecule has 26 heavy (non-hydrogen) atoms. The summed E-state index contributed by atoms with van der Waals surface area (Å²) in [5.41, 5.74) is 2.08. The summed E-state index contributed by atoms with van der Waals surface area (Å²) in [6.45, 7) is 3.17. The molecule has 2 atom stereocenters. The van der Waals surface area contributed by atoms with Crippen molar-refractivity contribution in [3.8, 4) is 5.75 Å². The number of hydrogen-bond acceptors (Lipinski definition) is 3. The van der Waals surface area contributed by atoms with E-state index in [1.165, 1.54) is 17.7 Å². The minimum atomic E-state index is -0.273. The van der Waals surface area contributed by atoms with Crippen molar-refractivity contribution in [2.75, 3.05) is 20.2 Å². The summed E-state index contributed by atoms with van der Waals surface area (Å²) in [6.07, 6.45) is 2.11. The second-order valence-electron chi connectivity index (χ2n) is 6.75. The smallest absolute Gasteiger partial charge is 0.234 e. The van der Waals surface area contributed by atoms with Gasteiger partial charge >= 0.3 is 0 Å². The standard InChI is InChI=1S/C21H25FN2O2/c1-15(16-8-10-18(22)11-9-16)23-21(25)14-24-12-4-7-20(24)17-5-3-6-19(13-17)26-2/h3,5-6,8-11,13,15,20H,4,7,12,14H2,1-2H3,(H,23,25)/t15-,20+/m0/s1. The van der Waals surface area contributed by atoms with E-state index in [1.807, 2.05) is 25.1 Å². The quantitative estimate of drug-likeness (QED) is 0.855. The van der Waals surface area contributed by atoms with Crippen LogP contribution in [-0.4, -0.2) is 31.0 Å². The van der Waals surface area contributed by atoms with E-state index < -0.39 is 0 Å². The van der Waals surface area contributed by atoms with E-state index >= 15 is 0 Å². The summed E-state index contributed by atoms with van der Waals surface area (Å²) in [6, 6.07) is 14.4. The molecule has 1 aliphatic rings. The van der Waals surface area contributed by atoms with E-state index in [1.54, 1.807) is 19.2 Å². The molecule has 138 valence electrons. The molecule has 1 heterocycles. The maximum atomic E-state index is 13.0. The van der Waals surface area contributed by atoms with Gasteiger partial charge in [-0.2, -0.15) is 0 Å². The van der Waals surface area contributed by atoms with Crippen LogP contribution in [0.1, 0.15) is 43.0 Å². The molecule has 0 unspecified atom stereocenters. The molecule has 2 aromatic carbocycles. The number of nitrogens with zero attached hydrogens (tertiary/aromatic N) is 1. The molecule has 1 saturated heterocycles. The number of likely N-dealkylation sites (tertiary alicyclic amines) is 1. The van der Waals surface area contributed by atoms with E-state index in [0.29, 0.717) is 6.54 Å². The minimum absolute atomic E-state index is 0.0170. The van der Waals surface area contributed by atoms with Gasteiger partial charge in [0, 0.05) is 6.04 Å². The molecule has 0 aliphatic carbocycles. The molecule has 0 radical (unpaired) electrons. The lowest BCUT2D eigenvalue weighted by Crippen LogP contribution is -2.38. The van der Waals surface area contributed by atoms with Crippen LogP contribution in [0.15, 0.2) is 48.5 Å². The van der Waals surface area contributed by atoms with Crippen LogP contribution in [-0.2, 0) is 4.79 Å². The van der Waals surface area contributed by atoms with Gasteiger partial charge in [0.05, 0.1) is 19.7 Å². The fraction of sp³-hybridized carbons (Fsp3) is 0.381. The van der Waals surface area contributed by atoms with Gasteiger partial charge in [0.15, 0.2) is 0 Å². The first-order valence-electron chi connectivity index (χ1n) is 8.99. The summed E-state index contributed by atoms with van der Waals surface area (Å²) in [5, 5.41) is 3.01. The number of amides is 1. The van der Waals surface area contributed by atoms with Crippen molar-refractivity contribution in [2.45, 2.75) is 31.8 Å². The molecular formula is C21H25FN2O2. The number of benzene rings is 2. The molecule has 4 nitrogen and oxygen atoms in total. The highest BCUT2D eigenvalue weighted by atomic mass is 19.1. The first-order chi connectivity index (χ1) is 12.6. The molecule has 3 rings (SSSR count). The van der Waals surface area contributed by atoms with Gasteiger partial charge in [-0.25, -0.2) is 4.39 Å². The van der Waals surface area contributed by atoms with Gasteiger partial charge in [0.1, 0.15) is 11.6 Å². The van der Waals surface area contributed by atoms with Crippen LogP contribution in [0.3, 0.4) is 0 Å². The van der Waals surface area contributed by atoms with Crippen LogP contribution in [0.25, 0.3) is 0 Å². The number of carbonyl (C=O) groups excluding carboxylic acids is 1. The Balaban J connectivity index is 1.61. The van der Waals surface area contributed by atoms with Gasteiger partial charge in [-0.1, -0.05) is 24.3 Å². The van der Waals surface area contributed by atoms with Crippen molar-refractivity contribution < 1.29 is 13.9 Å². The third kappa shape index (κ3) is 4.41. The van der Waals surface area contributed by atoms with Crippen LogP contribution in [0.2, 0.25) is 0 Å². The zero-order valence-corrected chi connectivity index (χ0v) is 15.2. The van der Waals surface area contributed by atoms with Gasteiger partial charge in [-0.05, 0) is 61.7 Å². The van der Waals surface area contributed by atoms with Crippen LogP contribution in [0.5, 0.6) is 5.75 Å². The Morgan fingerprint density at radius 1 is 1.31 bits per heavy atom. The van der Waals surface area contributed by atoms with Gasteiger partial charge in [-0.15, -0.1) is 0 Å². The Morgan fingerprint density at radius 2 is 2.08 bits per heavy atom. The Labute approximate surface area is 154 Å². The Morgan fingerprint density at radius 3 is 2.81 bits per heavy atom. The first-order valence-corrected chi connectivity index (χ1v) is 8.99. The molecule has 1 fully saturated rings. The molecule has 0 spiro atoms. The van der Waals surface area contributed by atoms with Gasteiger partial charge in [0.2, 0.25) is 5.91 Å². The lowest BCUT2D eigenvalue weighted by molar-refractivity contribution is -0.123. The van der Waals surface area contributed by atoms with Crippen molar-refractivity contribution in [2.24, 2.45) is 0 Å². The van der Waals surface area contributed by atoms with Gasteiger partial charge in [-0.3, -0.25) is 9.69 Å². The summed E-state index contributed by atoms with van der Waals surface area (Å²) in [4.78, 5) is 14.7. The largest absolute Gasteiger partial charge is 0.497 e. The van der Waals surface area contributed by atoms with Crippen LogP contribution in [0.4, 0.5) is 4.39 Å². The van der Waals surface area contributed by atoms with Crippen molar-refractivity contribution in [3.05, 3.63) is 65.5 Å². The number of methoxy groups -OCH3 is 1. The second kappa shape index (κ2) is 8.32. The zero-order chi connectivity index (χ0) is 18.5. The van der Waals surface area contributed by atoms with E-state index in [4.69, 9.17) is 4.74 Å². The van der Waals surface area contributed by atoms with Gasteiger partial charge in [0.25, 0.3) is 0 Å². The minimum Gasteiger partial charge on any atom is -0.497 e. The molecule has 2 aromatic rings. The predicted molar refractivity (Wildman–Crippen MR) is 99.5 cm³/mol. The highest BCUT2D eigenvalue weighted by Gasteiger charge is 2.28. The van der Waals surface area contributed by atoms with Crippen molar-refractivity contribution in [3.63, 3.8) is 0 Å². The Kier molecular flexibility index (Phi) is 5.89. The third-order valence-corrected chi connectivity index (χ3v) is 4.94. The van der Waals surface area contributed by atoms with Crippen LogP contribution < -0.4 is 10.1 Å². The van der Waals surface area contributed by atoms with Gasteiger partial charge < -0.3 is 10.1 Å². The van der Waals surface area contributed by atoms with E-state index in [-0.39, 0.29) is 23.8 Å². The number of ether oxygens (including phenoxy) is 1. The van der Waals surface area contributed by atoms with Crippen molar-refractivity contribution in [1.29, 1.82) is 0 Å². The number of hydrogen-bond donors (Lipinski definition) is 1.